The standard InChI is InChI=1S/C20H17Cl2N3O2S/c1-12-8-18(15-4-3-5-17(27-2)20(15)24-12)28-11-19(26)25-23-10-13-6-7-14(21)9-16(13)22/h3-10H,11H2,1-2H3,(H,25,26)/b23-10-. The Morgan fingerprint density at radius 3 is 2.86 bits per heavy atom. The number of halogens is 2. The largest absolute Gasteiger partial charge is 0.494 e. The minimum atomic E-state index is -0.225. The summed E-state index contributed by atoms with van der Waals surface area (Å²) in [7, 11) is 1.62. The topological polar surface area (TPSA) is 63.6 Å². The minimum absolute atomic E-state index is 0.210. The van der Waals surface area contributed by atoms with Crippen LogP contribution in [0.15, 0.2) is 52.5 Å². The van der Waals surface area contributed by atoms with E-state index in [4.69, 9.17) is 27.9 Å². The number of hydrogen-bond acceptors (Lipinski definition) is 5. The van der Waals surface area contributed by atoms with Gasteiger partial charge in [0.25, 0.3) is 0 Å². The van der Waals surface area contributed by atoms with Gasteiger partial charge in [0.2, 0.25) is 5.91 Å². The Kier molecular flexibility index (Phi) is 6.78. The molecule has 0 atom stereocenters. The van der Waals surface area contributed by atoms with Crippen molar-refractivity contribution in [2.45, 2.75) is 11.8 Å². The van der Waals surface area contributed by atoms with Gasteiger partial charge in [-0.15, -0.1) is 11.8 Å². The Labute approximate surface area is 177 Å². The first kappa shape index (κ1) is 20.5. The van der Waals surface area contributed by atoms with E-state index < -0.39 is 0 Å². The van der Waals surface area contributed by atoms with E-state index in [1.54, 1.807) is 25.3 Å². The molecule has 3 rings (SSSR count). The number of benzene rings is 2. The van der Waals surface area contributed by atoms with Gasteiger partial charge in [-0.25, -0.2) is 10.4 Å². The fraction of sp³-hybridized carbons (Fsp3) is 0.150. The van der Waals surface area contributed by atoms with Crippen LogP contribution < -0.4 is 10.2 Å². The van der Waals surface area contributed by atoms with Gasteiger partial charge < -0.3 is 4.74 Å². The molecule has 0 radical (unpaired) electrons. The van der Waals surface area contributed by atoms with Crippen LogP contribution in [0.1, 0.15) is 11.3 Å². The van der Waals surface area contributed by atoms with Gasteiger partial charge in [-0.2, -0.15) is 5.10 Å². The Balaban J connectivity index is 1.67. The molecule has 0 fully saturated rings. The van der Waals surface area contributed by atoms with Crippen molar-refractivity contribution in [3.05, 3.63) is 63.8 Å². The molecule has 0 saturated carbocycles. The maximum atomic E-state index is 12.1. The van der Waals surface area contributed by atoms with Crippen LogP contribution in [0.2, 0.25) is 10.0 Å². The number of thioether (sulfide) groups is 1. The first-order valence-corrected chi connectivity index (χ1v) is 10.1. The fourth-order valence-electron chi connectivity index (χ4n) is 2.55. The summed E-state index contributed by atoms with van der Waals surface area (Å²) in [5.74, 6) is 0.690. The first-order valence-electron chi connectivity index (χ1n) is 8.32. The zero-order valence-corrected chi connectivity index (χ0v) is 17.5. The second-order valence-corrected chi connectivity index (χ2v) is 7.73. The van der Waals surface area contributed by atoms with Gasteiger partial charge >= 0.3 is 0 Å². The van der Waals surface area contributed by atoms with Gasteiger partial charge in [-0.05, 0) is 31.2 Å². The van der Waals surface area contributed by atoms with Crippen LogP contribution in [0, 0.1) is 6.92 Å². The number of carbonyl (C=O) groups excluding carboxylic acids is 1. The quantitative estimate of drug-likeness (QED) is 0.333. The lowest BCUT2D eigenvalue weighted by Gasteiger charge is -2.10. The van der Waals surface area contributed by atoms with Crippen LogP contribution in [0.4, 0.5) is 0 Å². The summed E-state index contributed by atoms with van der Waals surface area (Å²) in [6, 6.07) is 12.7. The average molecular weight is 434 g/mol. The molecule has 2 aromatic carbocycles. The molecule has 5 nitrogen and oxygen atoms in total. The molecular weight excluding hydrogens is 417 g/mol. The molecule has 0 aliphatic carbocycles. The molecule has 1 aromatic heterocycles. The van der Waals surface area contributed by atoms with Crippen molar-refractivity contribution >= 4 is 58.0 Å². The number of aromatic nitrogens is 1. The fourth-order valence-corrected chi connectivity index (χ4v) is 3.93. The van der Waals surface area contributed by atoms with E-state index in [-0.39, 0.29) is 11.7 Å². The third-order valence-electron chi connectivity index (χ3n) is 3.83. The Hall–Kier alpha value is -2.28. The van der Waals surface area contributed by atoms with Crippen molar-refractivity contribution < 1.29 is 9.53 Å². The number of aryl methyl sites for hydroxylation is 1. The van der Waals surface area contributed by atoms with E-state index in [0.29, 0.717) is 21.4 Å². The van der Waals surface area contributed by atoms with Gasteiger partial charge in [0.15, 0.2) is 0 Å². The lowest BCUT2D eigenvalue weighted by Crippen LogP contribution is -2.19. The Morgan fingerprint density at radius 1 is 1.29 bits per heavy atom. The highest BCUT2D eigenvalue weighted by Crippen LogP contribution is 2.32. The Morgan fingerprint density at radius 2 is 2.11 bits per heavy atom. The van der Waals surface area contributed by atoms with E-state index in [2.05, 4.69) is 15.5 Å². The van der Waals surface area contributed by atoms with Gasteiger partial charge in [0.1, 0.15) is 11.3 Å². The van der Waals surface area contributed by atoms with Gasteiger partial charge in [-0.1, -0.05) is 41.4 Å². The first-order chi connectivity index (χ1) is 13.5. The smallest absolute Gasteiger partial charge is 0.250 e. The highest BCUT2D eigenvalue weighted by molar-refractivity contribution is 8.00. The molecular formula is C20H17Cl2N3O2S. The van der Waals surface area contributed by atoms with Crippen molar-refractivity contribution in [1.82, 2.24) is 10.4 Å². The highest BCUT2D eigenvalue weighted by atomic mass is 35.5. The van der Waals surface area contributed by atoms with Crippen molar-refractivity contribution in [2.24, 2.45) is 5.10 Å². The van der Waals surface area contributed by atoms with Crippen molar-refractivity contribution in [2.75, 3.05) is 12.9 Å². The molecule has 0 saturated heterocycles. The number of amides is 1. The number of nitrogens with one attached hydrogen (secondary N) is 1. The van der Waals surface area contributed by atoms with E-state index in [9.17, 15) is 4.79 Å². The SMILES string of the molecule is COc1cccc2c(SCC(=O)N/N=C\c3ccc(Cl)cc3Cl)cc(C)nc12. The molecule has 1 heterocycles. The number of carbonyl (C=O) groups is 1. The number of hydrogen-bond donors (Lipinski definition) is 1. The summed E-state index contributed by atoms with van der Waals surface area (Å²) in [6.45, 7) is 1.91. The lowest BCUT2D eigenvalue weighted by molar-refractivity contribution is -0.118. The van der Waals surface area contributed by atoms with E-state index in [0.717, 1.165) is 21.5 Å². The minimum Gasteiger partial charge on any atom is -0.494 e. The zero-order valence-electron chi connectivity index (χ0n) is 15.2. The molecule has 0 bridgehead atoms. The summed E-state index contributed by atoms with van der Waals surface area (Å²) < 4.78 is 5.39. The van der Waals surface area contributed by atoms with Crippen LogP contribution in [0.25, 0.3) is 10.9 Å². The number of nitrogens with zero attached hydrogens (tertiary/aromatic N) is 2. The Bertz CT molecular complexity index is 1060. The number of fused-ring (bicyclic) bond motifs is 1. The molecule has 1 N–H and O–H groups in total. The van der Waals surface area contributed by atoms with Crippen molar-refractivity contribution in [3.63, 3.8) is 0 Å². The lowest BCUT2D eigenvalue weighted by atomic mass is 10.2. The van der Waals surface area contributed by atoms with Crippen LogP contribution in [0.3, 0.4) is 0 Å². The van der Waals surface area contributed by atoms with E-state index in [1.165, 1.54) is 18.0 Å². The molecule has 0 aliphatic rings. The number of ether oxygens (including phenoxy) is 1. The molecule has 0 aliphatic heterocycles. The molecule has 8 heteroatoms. The normalized spacial score (nSPS) is 11.1. The van der Waals surface area contributed by atoms with Crippen LogP contribution in [0.5, 0.6) is 5.75 Å². The van der Waals surface area contributed by atoms with Crippen LogP contribution in [-0.4, -0.2) is 30.0 Å². The zero-order chi connectivity index (χ0) is 20.1. The maximum absolute atomic E-state index is 12.1. The number of pyridine rings is 1. The van der Waals surface area contributed by atoms with Crippen molar-refractivity contribution in [3.8, 4) is 5.75 Å². The molecule has 0 unspecified atom stereocenters. The number of rotatable bonds is 6. The predicted molar refractivity (Wildman–Crippen MR) is 116 cm³/mol. The van der Waals surface area contributed by atoms with Crippen molar-refractivity contribution in [1.29, 1.82) is 0 Å². The average Bonchev–Trinajstić information content (AvgIpc) is 2.67. The molecule has 144 valence electrons. The molecule has 0 spiro atoms. The van der Waals surface area contributed by atoms with E-state index in [1.807, 2.05) is 31.2 Å². The van der Waals surface area contributed by atoms with Crippen LogP contribution >= 0.6 is 35.0 Å². The molecule has 28 heavy (non-hydrogen) atoms. The van der Waals surface area contributed by atoms with E-state index >= 15 is 0 Å². The summed E-state index contributed by atoms with van der Waals surface area (Å²) in [5, 5.41) is 5.90. The molecule has 1 amide bonds. The highest BCUT2D eigenvalue weighted by Gasteiger charge is 2.10. The molecule has 3 aromatic rings. The van der Waals surface area contributed by atoms with Gasteiger partial charge in [0.05, 0.1) is 24.1 Å². The van der Waals surface area contributed by atoms with Crippen LogP contribution in [-0.2, 0) is 4.79 Å². The predicted octanol–water partition coefficient (Wildman–Crippen LogP) is 5.10. The van der Waals surface area contributed by atoms with Gasteiger partial charge in [0, 0.05) is 26.6 Å². The summed E-state index contributed by atoms with van der Waals surface area (Å²) in [5.41, 5.74) is 4.81. The number of para-hydroxylation sites is 1. The van der Waals surface area contributed by atoms with Gasteiger partial charge in [-0.3, -0.25) is 4.79 Å². The number of methoxy groups -OCH3 is 1. The summed E-state index contributed by atoms with van der Waals surface area (Å²) in [4.78, 5) is 17.7. The monoisotopic (exact) mass is 433 g/mol. The third-order valence-corrected chi connectivity index (χ3v) is 5.44. The summed E-state index contributed by atoms with van der Waals surface area (Å²) >= 11 is 13.3. The number of hydrazone groups is 1. The maximum Gasteiger partial charge on any atom is 0.250 e. The second-order valence-electron chi connectivity index (χ2n) is 5.87. The third kappa shape index (κ3) is 4.95. The second kappa shape index (κ2) is 9.28. The summed E-state index contributed by atoms with van der Waals surface area (Å²) in [6.07, 6.45) is 1.48.